The number of carbonyl (C=O) groups is 2. The zero-order valence-corrected chi connectivity index (χ0v) is 13.4. The van der Waals surface area contributed by atoms with Crippen molar-refractivity contribution in [2.24, 2.45) is 22.2 Å². The second-order valence-electron chi connectivity index (χ2n) is 9.24. The lowest BCUT2D eigenvalue weighted by Crippen LogP contribution is -2.61. The number of carbonyl (C=O) groups excluding carboxylic acids is 2. The molecule has 5 fully saturated rings. The molecule has 0 aromatic rings. The van der Waals surface area contributed by atoms with Gasteiger partial charge in [0.25, 0.3) is 0 Å². The molecule has 0 spiro atoms. The van der Waals surface area contributed by atoms with Gasteiger partial charge in [0.2, 0.25) is 5.91 Å². The fourth-order valence-corrected chi connectivity index (χ4v) is 6.98. The summed E-state index contributed by atoms with van der Waals surface area (Å²) in [6.07, 6.45) is 8.40. The summed E-state index contributed by atoms with van der Waals surface area (Å²) in [5.41, 5.74) is 0.675. The first-order valence-electron chi connectivity index (χ1n) is 8.63. The van der Waals surface area contributed by atoms with Crippen LogP contribution in [0.5, 0.6) is 0 Å². The summed E-state index contributed by atoms with van der Waals surface area (Å²) in [7, 11) is 0. The lowest BCUT2D eigenvalue weighted by Gasteiger charge is -2.65. The number of hydrogen-bond acceptors (Lipinski definition) is 2. The minimum atomic E-state index is -0.0939. The number of likely N-dealkylation sites (tertiary alicyclic amines) is 1. The van der Waals surface area contributed by atoms with Crippen LogP contribution in [0.2, 0.25) is 0 Å². The Morgan fingerprint density at radius 1 is 1.00 bits per heavy atom. The predicted octanol–water partition coefficient (Wildman–Crippen LogP) is 3.17. The van der Waals surface area contributed by atoms with E-state index in [1.165, 1.54) is 19.3 Å². The highest BCUT2D eigenvalue weighted by Gasteiger charge is 2.63. The van der Waals surface area contributed by atoms with Gasteiger partial charge in [0, 0.05) is 25.9 Å². The number of rotatable bonds is 1. The Kier molecular flexibility index (Phi) is 2.70. The number of ketones is 1. The fraction of sp³-hybridized carbons (Fsp3) is 0.889. The summed E-state index contributed by atoms with van der Waals surface area (Å²) in [4.78, 5) is 26.7. The molecule has 4 aliphatic carbocycles. The molecule has 1 saturated heterocycles. The minimum Gasteiger partial charge on any atom is -0.341 e. The van der Waals surface area contributed by atoms with Crippen LogP contribution in [0.15, 0.2) is 0 Å². The lowest BCUT2D eigenvalue weighted by atomic mass is 9.40. The molecule has 3 nitrogen and oxygen atoms in total. The van der Waals surface area contributed by atoms with Gasteiger partial charge in [-0.3, -0.25) is 9.59 Å². The van der Waals surface area contributed by atoms with E-state index in [1.807, 2.05) is 4.90 Å². The van der Waals surface area contributed by atoms with Crippen molar-refractivity contribution < 1.29 is 9.59 Å². The van der Waals surface area contributed by atoms with E-state index < -0.39 is 0 Å². The smallest absolute Gasteiger partial charge is 0.228 e. The van der Waals surface area contributed by atoms with Crippen molar-refractivity contribution in [2.75, 3.05) is 13.1 Å². The van der Waals surface area contributed by atoms with Gasteiger partial charge in [-0.1, -0.05) is 13.8 Å². The SMILES string of the molecule is CC12CC3CC(C)(C1)CC(C(=O)N1CCC(=O)CC1)(C3)C2. The molecule has 0 N–H and O–H groups in total. The van der Waals surface area contributed by atoms with Gasteiger partial charge in [-0.25, -0.2) is 0 Å². The third-order valence-electron chi connectivity index (χ3n) is 6.69. The van der Waals surface area contributed by atoms with Crippen LogP contribution < -0.4 is 0 Å². The number of piperidine rings is 1. The molecular formula is C18H27NO2. The van der Waals surface area contributed by atoms with E-state index in [9.17, 15) is 9.59 Å². The number of amides is 1. The standard InChI is InChI=1S/C18H27NO2/c1-16-7-13-8-17(2,10-16)12-18(9-13,11-16)15(21)19-5-3-14(20)4-6-19/h13H,3-12H2,1-2H3. The molecule has 0 radical (unpaired) electrons. The molecular weight excluding hydrogens is 262 g/mol. The van der Waals surface area contributed by atoms with Gasteiger partial charge in [0.15, 0.2) is 0 Å². The molecule has 0 aromatic heterocycles. The highest BCUT2D eigenvalue weighted by Crippen LogP contribution is 2.69. The number of hydrogen-bond donors (Lipinski definition) is 0. The average molecular weight is 289 g/mol. The Bertz CT molecular complexity index is 483. The predicted molar refractivity (Wildman–Crippen MR) is 80.7 cm³/mol. The van der Waals surface area contributed by atoms with Gasteiger partial charge in [-0.05, 0) is 55.3 Å². The molecule has 4 bridgehead atoms. The molecule has 0 aromatic carbocycles. The highest BCUT2D eigenvalue weighted by molar-refractivity contribution is 5.87. The van der Waals surface area contributed by atoms with Crippen LogP contribution in [-0.2, 0) is 9.59 Å². The van der Waals surface area contributed by atoms with Gasteiger partial charge >= 0.3 is 0 Å². The number of Topliss-reactive ketones (excluding diaryl/α,β-unsaturated/α-hetero) is 1. The van der Waals surface area contributed by atoms with Crippen LogP contribution in [-0.4, -0.2) is 29.7 Å². The highest BCUT2D eigenvalue weighted by atomic mass is 16.2. The van der Waals surface area contributed by atoms with Gasteiger partial charge in [-0.2, -0.15) is 0 Å². The average Bonchev–Trinajstić information content (AvgIpc) is 2.34. The molecule has 1 aliphatic heterocycles. The third kappa shape index (κ3) is 2.07. The third-order valence-corrected chi connectivity index (χ3v) is 6.69. The van der Waals surface area contributed by atoms with Crippen molar-refractivity contribution in [3.8, 4) is 0 Å². The van der Waals surface area contributed by atoms with Crippen molar-refractivity contribution >= 4 is 11.7 Å². The van der Waals surface area contributed by atoms with Crippen molar-refractivity contribution in [3.63, 3.8) is 0 Å². The van der Waals surface area contributed by atoms with Gasteiger partial charge in [0.05, 0.1) is 5.41 Å². The molecule has 116 valence electrons. The molecule has 21 heavy (non-hydrogen) atoms. The molecule has 5 rings (SSSR count). The maximum atomic E-state index is 13.3. The normalized spacial score (nSPS) is 48.8. The molecule has 1 amide bonds. The maximum absolute atomic E-state index is 13.3. The first kappa shape index (κ1) is 13.8. The molecule has 2 unspecified atom stereocenters. The molecule has 5 aliphatic rings. The second-order valence-corrected chi connectivity index (χ2v) is 9.24. The zero-order valence-electron chi connectivity index (χ0n) is 13.4. The summed E-state index contributed by atoms with van der Waals surface area (Å²) < 4.78 is 0. The van der Waals surface area contributed by atoms with E-state index in [0.717, 1.165) is 25.2 Å². The van der Waals surface area contributed by atoms with E-state index in [4.69, 9.17) is 0 Å². The van der Waals surface area contributed by atoms with Crippen LogP contribution in [0, 0.1) is 22.2 Å². The molecule has 2 atom stereocenters. The van der Waals surface area contributed by atoms with Crippen LogP contribution >= 0.6 is 0 Å². The van der Waals surface area contributed by atoms with Crippen molar-refractivity contribution in [1.29, 1.82) is 0 Å². The van der Waals surface area contributed by atoms with Crippen molar-refractivity contribution in [2.45, 2.75) is 65.2 Å². The van der Waals surface area contributed by atoms with E-state index >= 15 is 0 Å². The quantitative estimate of drug-likeness (QED) is 0.743. The first-order valence-corrected chi connectivity index (χ1v) is 8.63. The summed E-state index contributed by atoms with van der Waals surface area (Å²) in [5, 5.41) is 0. The van der Waals surface area contributed by atoms with Crippen LogP contribution in [0.4, 0.5) is 0 Å². The van der Waals surface area contributed by atoms with E-state index in [2.05, 4.69) is 13.8 Å². The van der Waals surface area contributed by atoms with Crippen molar-refractivity contribution in [3.05, 3.63) is 0 Å². The summed E-state index contributed by atoms with van der Waals surface area (Å²) in [6, 6.07) is 0. The van der Waals surface area contributed by atoms with Gasteiger partial charge < -0.3 is 4.90 Å². The first-order chi connectivity index (χ1) is 9.82. The van der Waals surface area contributed by atoms with Crippen LogP contribution in [0.25, 0.3) is 0 Å². The Balaban J connectivity index is 1.62. The molecule has 3 heteroatoms. The maximum Gasteiger partial charge on any atom is 0.228 e. The molecule has 4 saturated carbocycles. The summed E-state index contributed by atoms with van der Waals surface area (Å²) >= 11 is 0. The lowest BCUT2D eigenvalue weighted by molar-refractivity contribution is -0.180. The van der Waals surface area contributed by atoms with Gasteiger partial charge in [-0.15, -0.1) is 0 Å². The second kappa shape index (κ2) is 4.11. The fourth-order valence-electron chi connectivity index (χ4n) is 6.98. The van der Waals surface area contributed by atoms with Gasteiger partial charge in [0.1, 0.15) is 5.78 Å². The Morgan fingerprint density at radius 3 is 2.10 bits per heavy atom. The Hall–Kier alpha value is -0.860. The molecule has 1 heterocycles. The van der Waals surface area contributed by atoms with Crippen LogP contribution in [0.1, 0.15) is 65.2 Å². The monoisotopic (exact) mass is 289 g/mol. The zero-order chi connectivity index (χ0) is 14.9. The van der Waals surface area contributed by atoms with E-state index in [-0.39, 0.29) is 5.41 Å². The van der Waals surface area contributed by atoms with E-state index in [1.54, 1.807) is 0 Å². The Morgan fingerprint density at radius 2 is 1.57 bits per heavy atom. The Labute approximate surface area is 127 Å². The summed E-state index contributed by atoms with van der Waals surface area (Å²) in [6.45, 7) is 6.16. The summed E-state index contributed by atoms with van der Waals surface area (Å²) in [5.74, 6) is 1.46. The number of nitrogens with zero attached hydrogens (tertiary/aromatic N) is 1. The van der Waals surface area contributed by atoms with Crippen molar-refractivity contribution in [1.82, 2.24) is 4.90 Å². The topological polar surface area (TPSA) is 37.4 Å². The van der Waals surface area contributed by atoms with Crippen LogP contribution in [0.3, 0.4) is 0 Å². The minimum absolute atomic E-state index is 0.0939. The van der Waals surface area contributed by atoms with E-state index in [0.29, 0.717) is 48.5 Å². The largest absolute Gasteiger partial charge is 0.341 e.